The first-order valence-corrected chi connectivity index (χ1v) is 8.06. The van der Waals surface area contributed by atoms with Crippen molar-refractivity contribution in [3.05, 3.63) is 66.0 Å². The molecule has 1 aliphatic rings. The molecule has 3 aromatic rings. The van der Waals surface area contributed by atoms with E-state index in [1.165, 1.54) is 11.1 Å². The van der Waals surface area contributed by atoms with E-state index in [4.69, 9.17) is 0 Å². The van der Waals surface area contributed by atoms with Crippen LogP contribution in [0.3, 0.4) is 0 Å². The number of benzene rings is 2. The van der Waals surface area contributed by atoms with E-state index >= 15 is 0 Å². The van der Waals surface area contributed by atoms with Gasteiger partial charge in [-0.2, -0.15) is 0 Å². The molecular formula is C19H19N3O. The van der Waals surface area contributed by atoms with Gasteiger partial charge in [0.25, 0.3) is 0 Å². The maximum absolute atomic E-state index is 12.5. The molecule has 4 nitrogen and oxygen atoms in total. The normalized spacial score (nSPS) is 14.0. The fraction of sp³-hybridized carbons (Fsp3) is 0.263. The SMILES string of the molecule is O=C(CCn1cnc2ccccc21)N1CCc2ccccc2C1. The van der Waals surface area contributed by atoms with Gasteiger partial charge in [0.1, 0.15) is 0 Å². The summed E-state index contributed by atoms with van der Waals surface area (Å²) in [5, 5.41) is 0. The number of imidazole rings is 1. The molecule has 0 atom stereocenters. The van der Waals surface area contributed by atoms with E-state index in [2.05, 4.69) is 27.8 Å². The van der Waals surface area contributed by atoms with Gasteiger partial charge in [-0.15, -0.1) is 0 Å². The predicted molar refractivity (Wildman–Crippen MR) is 89.9 cm³/mol. The van der Waals surface area contributed by atoms with Gasteiger partial charge in [-0.25, -0.2) is 4.98 Å². The zero-order valence-corrected chi connectivity index (χ0v) is 13.0. The molecule has 116 valence electrons. The topological polar surface area (TPSA) is 38.1 Å². The third-order valence-corrected chi connectivity index (χ3v) is 4.58. The lowest BCUT2D eigenvalue weighted by Crippen LogP contribution is -2.36. The molecule has 0 unspecified atom stereocenters. The average molecular weight is 305 g/mol. The first-order valence-electron chi connectivity index (χ1n) is 8.06. The summed E-state index contributed by atoms with van der Waals surface area (Å²) >= 11 is 0. The minimum atomic E-state index is 0.220. The zero-order chi connectivity index (χ0) is 15.6. The molecule has 0 saturated carbocycles. The minimum absolute atomic E-state index is 0.220. The third kappa shape index (κ3) is 2.72. The number of hydrogen-bond donors (Lipinski definition) is 0. The fourth-order valence-corrected chi connectivity index (χ4v) is 3.27. The first-order chi connectivity index (χ1) is 11.3. The van der Waals surface area contributed by atoms with Crippen molar-refractivity contribution in [2.24, 2.45) is 0 Å². The maximum Gasteiger partial charge on any atom is 0.224 e. The summed E-state index contributed by atoms with van der Waals surface area (Å²) in [5.41, 5.74) is 4.72. The molecule has 0 spiro atoms. The Hall–Kier alpha value is -2.62. The average Bonchev–Trinajstić information content (AvgIpc) is 3.02. The van der Waals surface area contributed by atoms with Crippen molar-refractivity contribution in [2.45, 2.75) is 25.9 Å². The van der Waals surface area contributed by atoms with Crippen LogP contribution in [0.15, 0.2) is 54.9 Å². The van der Waals surface area contributed by atoms with Gasteiger partial charge in [0, 0.05) is 26.1 Å². The molecule has 1 aliphatic heterocycles. The van der Waals surface area contributed by atoms with E-state index in [0.29, 0.717) is 13.0 Å². The number of carbonyl (C=O) groups excluding carboxylic acids is 1. The van der Waals surface area contributed by atoms with E-state index in [1.807, 2.05) is 41.6 Å². The van der Waals surface area contributed by atoms with Gasteiger partial charge in [-0.3, -0.25) is 4.79 Å². The Morgan fingerprint density at radius 2 is 1.83 bits per heavy atom. The number of para-hydroxylation sites is 2. The molecule has 23 heavy (non-hydrogen) atoms. The minimum Gasteiger partial charge on any atom is -0.338 e. The molecule has 0 saturated heterocycles. The molecule has 0 N–H and O–H groups in total. The number of aryl methyl sites for hydroxylation is 1. The summed E-state index contributed by atoms with van der Waals surface area (Å²) in [4.78, 5) is 18.9. The van der Waals surface area contributed by atoms with E-state index in [1.54, 1.807) is 0 Å². The second-order valence-corrected chi connectivity index (χ2v) is 6.01. The van der Waals surface area contributed by atoms with E-state index in [0.717, 1.165) is 30.5 Å². The highest BCUT2D eigenvalue weighted by Crippen LogP contribution is 2.19. The van der Waals surface area contributed by atoms with Crippen molar-refractivity contribution in [1.82, 2.24) is 14.5 Å². The molecular weight excluding hydrogens is 286 g/mol. The lowest BCUT2D eigenvalue weighted by atomic mass is 10.00. The summed E-state index contributed by atoms with van der Waals surface area (Å²) in [7, 11) is 0. The molecule has 0 bridgehead atoms. The van der Waals surface area contributed by atoms with Gasteiger partial charge < -0.3 is 9.47 Å². The van der Waals surface area contributed by atoms with Crippen LogP contribution in [0.4, 0.5) is 0 Å². The van der Waals surface area contributed by atoms with E-state index < -0.39 is 0 Å². The smallest absolute Gasteiger partial charge is 0.224 e. The number of nitrogens with zero attached hydrogens (tertiary/aromatic N) is 3. The summed E-state index contributed by atoms with van der Waals surface area (Å²) < 4.78 is 2.06. The number of hydrogen-bond acceptors (Lipinski definition) is 2. The highest BCUT2D eigenvalue weighted by atomic mass is 16.2. The lowest BCUT2D eigenvalue weighted by molar-refractivity contribution is -0.132. The summed E-state index contributed by atoms with van der Waals surface area (Å²) in [6.45, 7) is 2.23. The van der Waals surface area contributed by atoms with Gasteiger partial charge in [0.2, 0.25) is 5.91 Å². The Morgan fingerprint density at radius 1 is 1.04 bits per heavy atom. The highest BCUT2D eigenvalue weighted by molar-refractivity contribution is 5.78. The molecule has 0 radical (unpaired) electrons. The van der Waals surface area contributed by atoms with Gasteiger partial charge in [0.05, 0.1) is 17.4 Å². The molecule has 4 rings (SSSR count). The van der Waals surface area contributed by atoms with Crippen LogP contribution >= 0.6 is 0 Å². The van der Waals surface area contributed by atoms with Gasteiger partial charge in [0.15, 0.2) is 0 Å². The predicted octanol–water partition coefficient (Wildman–Crippen LogP) is 3.01. The Labute approximate surface area is 135 Å². The van der Waals surface area contributed by atoms with Crippen LogP contribution in [0.2, 0.25) is 0 Å². The Balaban J connectivity index is 1.43. The zero-order valence-electron chi connectivity index (χ0n) is 13.0. The van der Waals surface area contributed by atoms with Crippen LogP contribution in [0.25, 0.3) is 11.0 Å². The molecule has 0 fully saturated rings. The molecule has 4 heteroatoms. The first kappa shape index (κ1) is 14.0. The third-order valence-electron chi connectivity index (χ3n) is 4.58. The quantitative estimate of drug-likeness (QED) is 0.746. The molecule has 0 aliphatic carbocycles. The Bertz CT molecular complexity index is 852. The number of amides is 1. The number of rotatable bonds is 3. The molecule has 2 aromatic carbocycles. The number of aromatic nitrogens is 2. The molecule has 1 amide bonds. The summed E-state index contributed by atoms with van der Waals surface area (Å²) in [6, 6.07) is 16.4. The highest BCUT2D eigenvalue weighted by Gasteiger charge is 2.20. The fourth-order valence-electron chi connectivity index (χ4n) is 3.27. The van der Waals surface area contributed by atoms with E-state index in [9.17, 15) is 4.79 Å². The van der Waals surface area contributed by atoms with Crippen molar-refractivity contribution in [3.63, 3.8) is 0 Å². The van der Waals surface area contributed by atoms with Crippen LogP contribution in [0.1, 0.15) is 17.5 Å². The van der Waals surface area contributed by atoms with Crippen molar-refractivity contribution < 1.29 is 4.79 Å². The van der Waals surface area contributed by atoms with Crippen molar-refractivity contribution in [3.8, 4) is 0 Å². The molecule has 1 aromatic heterocycles. The second kappa shape index (κ2) is 5.88. The largest absolute Gasteiger partial charge is 0.338 e. The number of fused-ring (bicyclic) bond motifs is 2. The van der Waals surface area contributed by atoms with E-state index in [-0.39, 0.29) is 5.91 Å². The van der Waals surface area contributed by atoms with Crippen LogP contribution in [0, 0.1) is 0 Å². The van der Waals surface area contributed by atoms with Crippen LogP contribution < -0.4 is 0 Å². The monoisotopic (exact) mass is 305 g/mol. The standard InChI is InChI=1S/C19H19N3O/c23-19(21-11-9-15-5-1-2-6-16(15)13-21)10-12-22-14-20-17-7-3-4-8-18(17)22/h1-8,14H,9-13H2. The van der Waals surface area contributed by atoms with Crippen molar-refractivity contribution in [2.75, 3.05) is 6.54 Å². The Kier molecular flexibility index (Phi) is 3.58. The Morgan fingerprint density at radius 3 is 2.74 bits per heavy atom. The molecule has 2 heterocycles. The van der Waals surface area contributed by atoms with Crippen LogP contribution in [0.5, 0.6) is 0 Å². The van der Waals surface area contributed by atoms with Gasteiger partial charge in [-0.05, 0) is 29.7 Å². The van der Waals surface area contributed by atoms with Crippen LogP contribution in [-0.4, -0.2) is 26.9 Å². The van der Waals surface area contributed by atoms with Crippen LogP contribution in [-0.2, 0) is 24.3 Å². The van der Waals surface area contributed by atoms with Crippen molar-refractivity contribution in [1.29, 1.82) is 0 Å². The lowest BCUT2D eigenvalue weighted by Gasteiger charge is -2.29. The summed E-state index contributed by atoms with van der Waals surface area (Å²) in [5.74, 6) is 0.220. The van der Waals surface area contributed by atoms with Gasteiger partial charge >= 0.3 is 0 Å². The maximum atomic E-state index is 12.5. The second-order valence-electron chi connectivity index (χ2n) is 6.01. The van der Waals surface area contributed by atoms with Crippen molar-refractivity contribution >= 4 is 16.9 Å². The summed E-state index contributed by atoms with van der Waals surface area (Å²) in [6.07, 6.45) is 3.29. The number of carbonyl (C=O) groups is 1. The van der Waals surface area contributed by atoms with Gasteiger partial charge in [-0.1, -0.05) is 36.4 Å².